The van der Waals surface area contributed by atoms with Gasteiger partial charge in [-0.05, 0) is 49.6 Å². The van der Waals surface area contributed by atoms with Gasteiger partial charge in [0.15, 0.2) is 0 Å². The average molecular weight is 254 g/mol. The van der Waals surface area contributed by atoms with Gasteiger partial charge in [0.1, 0.15) is 5.54 Å². The molecule has 1 saturated carbocycles. The molecule has 0 aliphatic heterocycles. The van der Waals surface area contributed by atoms with Crippen molar-refractivity contribution >= 4 is 5.97 Å². The Morgan fingerprint density at radius 1 is 1.56 bits per heavy atom. The van der Waals surface area contributed by atoms with Gasteiger partial charge in [0.25, 0.3) is 0 Å². The average Bonchev–Trinajstić information content (AvgIpc) is 2.33. The molecule has 1 aliphatic rings. The second-order valence-electron chi connectivity index (χ2n) is 5.32. The summed E-state index contributed by atoms with van der Waals surface area (Å²) in [5.74, 6) is 0.243. The summed E-state index contributed by atoms with van der Waals surface area (Å²) in [6.07, 6.45) is 2.96. The minimum Gasteiger partial charge on any atom is -0.480 e. The zero-order valence-electron chi connectivity index (χ0n) is 11.1. The lowest BCUT2D eigenvalue weighted by molar-refractivity contribution is -0.147. The van der Waals surface area contributed by atoms with Crippen molar-refractivity contribution in [1.82, 2.24) is 5.32 Å². The van der Waals surface area contributed by atoms with Gasteiger partial charge in [0.2, 0.25) is 0 Å². The molecule has 1 fully saturated rings. The van der Waals surface area contributed by atoms with Crippen LogP contribution >= 0.6 is 0 Å². The molecule has 18 heavy (non-hydrogen) atoms. The maximum Gasteiger partial charge on any atom is 0.323 e. The predicted molar refractivity (Wildman–Crippen MR) is 69.2 cm³/mol. The summed E-state index contributed by atoms with van der Waals surface area (Å²) in [7, 11) is 0. The van der Waals surface area contributed by atoms with Crippen LogP contribution in [-0.2, 0) is 4.79 Å². The van der Waals surface area contributed by atoms with E-state index >= 15 is 0 Å². The van der Waals surface area contributed by atoms with Crippen LogP contribution in [0.15, 0.2) is 5.11 Å². The quantitative estimate of drug-likeness (QED) is 0.330. The third kappa shape index (κ3) is 3.62. The van der Waals surface area contributed by atoms with Crippen molar-refractivity contribution in [1.29, 1.82) is 0 Å². The molecule has 0 aromatic rings. The van der Waals surface area contributed by atoms with E-state index in [0.29, 0.717) is 44.2 Å². The Morgan fingerprint density at radius 3 is 2.83 bits per heavy atom. The van der Waals surface area contributed by atoms with Gasteiger partial charge < -0.3 is 10.4 Å². The van der Waals surface area contributed by atoms with Gasteiger partial charge in [-0.25, -0.2) is 0 Å². The summed E-state index contributed by atoms with van der Waals surface area (Å²) in [5, 5.41) is 16.1. The molecule has 102 valence electrons. The van der Waals surface area contributed by atoms with Crippen LogP contribution in [-0.4, -0.2) is 29.7 Å². The van der Waals surface area contributed by atoms with Gasteiger partial charge >= 0.3 is 5.97 Å². The van der Waals surface area contributed by atoms with Crippen molar-refractivity contribution in [3.05, 3.63) is 10.4 Å². The topological polar surface area (TPSA) is 98.1 Å². The van der Waals surface area contributed by atoms with E-state index in [1.54, 1.807) is 0 Å². The maximum atomic E-state index is 11.5. The number of carboxylic acid groups (broad SMARTS) is 1. The van der Waals surface area contributed by atoms with Crippen molar-refractivity contribution in [2.75, 3.05) is 13.1 Å². The number of nitrogens with zero attached hydrogens (tertiary/aromatic N) is 3. The molecule has 0 spiro atoms. The van der Waals surface area contributed by atoms with Crippen LogP contribution in [0.2, 0.25) is 0 Å². The zero-order valence-corrected chi connectivity index (χ0v) is 11.1. The largest absolute Gasteiger partial charge is 0.480 e. The molecule has 0 aromatic carbocycles. The fraction of sp³-hybridized carbons (Fsp3) is 0.917. The van der Waals surface area contributed by atoms with Crippen LogP contribution in [0.4, 0.5) is 0 Å². The van der Waals surface area contributed by atoms with Crippen molar-refractivity contribution in [2.24, 2.45) is 17.0 Å². The monoisotopic (exact) mass is 254 g/mol. The van der Waals surface area contributed by atoms with E-state index in [0.717, 1.165) is 6.42 Å². The Balaban J connectivity index is 2.53. The van der Waals surface area contributed by atoms with E-state index in [-0.39, 0.29) is 0 Å². The SMILES string of the molecule is CC1CCC(NCCCN=[N+]=[N-])(C(=O)O)CC1C. The number of carbonyl (C=O) groups is 1. The molecule has 6 nitrogen and oxygen atoms in total. The molecule has 0 bridgehead atoms. The number of nitrogens with one attached hydrogen (secondary N) is 1. The molecule has 1 aliphatic carbocycles. The van der Waals surface area contributed by atoms with Gasteiger partial charge in [0, 0.05) is 11.5 Å². The Kier molecular flexibility index (Phi) is 5.44. The molecule has 0 saturated heterocycles. The first-order chi connectivity index (χ1) is 8.52. The standard InChI is InChI=1S/C12H22N4O2/c1-9-4-5-12(11(17)18,8-10(9)2)14-6-3-7-15-16-13/h9-10,14H,3-8H2,1-2H3,(H,17,18). The summed E-state index contributed by atoms with van der Waals surface area (Å²) < 4.78 is 0. The third-order valence-electron chi connectivity index (χ3n) is 4.04. The second-order valence-corrected chi connectivity index (χ2v) is 5.32. The summed E-state index contributed by atoms with van der Waals surface area (Å²) in [4.78, 5) is 14.2. The highest BCUT2D eigenvalue weighted by atomic mass is 16.4. The van der Waals surface area contributed by atoms with E-state index < -0.39 is 11.5 Å². The van der Waals surface area contributed by atoms with Crippen LogP contribution in [0.5, 0.6) is 0 Å². The molecule has 0 aromatic heterocycles. The Bertz CT molecular complexity index is 341. The fourth-order valence-electron chi connectivity index (χ4n) is 2.56. The first-order valence-electron chi connectivity index (χ1n) is 6.51. The molecule has 3 unspecified atom stereocenters. The molecule has 6 heteroatoms. The van der Waals surface area contributed by atoms with E-state index in [2.05, 4.69) is 29.2 Å². The Morgan fingerprint density at radius 2 is 2.28 bits per heavy atom. The van der Waals surface area contributed by atoms with Gasteiger partial charge in [-0.2, -0.15) is 0 Å². The van der Waals surface area contributed by atoms with Crippen LogP contribution < -0.4 is 5.32 Å². The summed E-state index contributed by atoms with van der Waals surface area (Å²) >= 11 is 0. The number of carboxylic acids is 1. The maximum absolute atomic E-state index is 11.5. The van der Waals surface area contributed by atoms with Crippen LogP contribution in [0, 0.1) is 11.8 Å². The molecular formula is C12H22N4O2. The van der Waals surface area contributed by atoms with Gasteiger partial charge in [0.05, 0.1) is 0 Å². The Labute approximate surface area is 107 Å². The molecular weight excluding hydrogens is 232 g/mol. The summed E-state index contributed by atoms with van der Waals surface area (Å²) in [6, 6.07) is 0. The number of hydrogen-bond donors (Lipinski definition) is 2. The van der Waals surface area contributed by atoms with E-state index in [9.17, 15) is 9.90 Å². The minimum absolute atomic E-state index is 0.408. The lowest BCUT2D eigenvalue weighted by Crippen LogP contribution is -2.56. The molecule has 1 rings (SSSR count). The summed E-state index contributed by atoms with van der Waals surface area (Å²) in [5.41, 5.74) is 7.37. The van der Waals surface area contributed by atoms with Crippen molar-refractivity contribution in [2.45, 2.75) is 45.1 Å². The first kappa shape index (κ1) is 14.8. The normalized spacial score (nSPS) is 31.7. The van der Waals surface area contributed by atoms with E-state index in [1.165, 1.54) is 0 Å². The predicted octanol–water partition coefficient (Wildman–Crippen LogP) is 2.56. The number of hydrogen-bond acceptors (Lipinski definition) is 3. The van der Waals surface area contributed by atoms with Gasteiger partial charge in [-0.3, -0.25) is 4.79 Å². The van der Waals surface area contributed by atoms with Crippen molar-refractivity contribution in [3.63, 3.8) is 0 Å². The Hall–Kier alpha value is -1.26. The minimum atomic E-state index is -0.789. The third-order valence-corrected chi connectivity index (χ3v) is 4.04. The van der Waals surface area contributed by atoms with Gasteiger partial charge in [-0.1, -0.05) is 19.0 Å². The molecule has 3 atom stereocenters. The highest BCUT2D eigenvalue weighted by Gasteiger charge is 2.43. The van der Waals surface area contributed by atoms with E-state index in [4.69, 9.17) is 5.53 Å². The first-order valence-corrected chi connectivity index (χ1v) is 6.51. The molecule has 2 N–H and O–H groups in total. The summed E-state index contributed by atoms with van der Waals surface area (Å²) in [6.45, 7) is 5.28. The van der Waals surface area contributed by atoms with Crippen molar-refractivity contribution in [3.8, 4) is 0 Å². The van der Waals surface area contributed by atoms with Crippen LogP contribution in [0.25, 0.3) is 10.4 Å². The number of rotatable bonds is 6. The smallest absolute Gasteiger partial charge is 0.323 e. The van der Waals surface area contributed by atoms with E-state index in [1.807, 2.05) is 0 Å². The molecule has 0 radical (unpaired) electrons. The lowest BCUT2D eigenvalue weighted by Gasteiger charge is -2.40. The van der Waals surface area contributed by atoms with Crippen LogP contribution in [0.1, 0.15) is 39.5 Å². The zero-order chi connectivity index (χ0) is 13.6. The molecule has 0 amide bonds. The lowest BCUT2D eigenvalue weighted by atomic mass is 9.71. The second kappa shape index (κ2) is 6.61. The highest BCUT2D eigenvalue weighted by Crippen LogP contribution is 2.36. The number of azide groups is 1. The molecule has 0 heterocycles. The fourth-order valence-corrected chi connectivity index (χ4v) is 2.56. The van der Waals surface area contributed by atoms with Crippen LogP contribution in [0.3, 0.4) is 0 Å². The highest BCUT2D eigenvalue weighted by molar-refractivity contribution is 5.79. The van der Waals surface area contributed by atoms with Crippen molar-refractivity contribution < 1.29 is 9.90 Å². The number of aliphatic carboxylic acids is 1. The van der Waals surface area contributed by atoms with Gasteiger partial charge in [-0.15, -0.1) is 0 Å².